The van der Waals surface area contributed by atoms with Crippen molar-refractivity contribution in [1.82, 2.24) is 10.2 Å². The summed E-state index contributed by atoms with van der Waals surface area (Å²) in [6.07, 6.45) is 8.41. The van der Waals surface area contributed by atoms with Gasteiger partial charge in [0.25, 0.3) is 0 Å². The molecule has 2 heteroatoms. The normalized spacial score (nSPS) is 17.8. The Bertz CT molecular complexity index is 205. The van der Waals surface area contributed by atoms with E-state index in [0.717, 1.165) is 12.5 Å². The van der Waals surface area contributed by atoms with Crippen LogP contribution in [0.4, 0.5) is 0 Å². The zero-order chi connectivity index (χ0) is 13.4. The van der Waals surface area contributed by atoms with Crippen LogP contribution in [0.3, 0.4) is 0 Å². The van der Waals surface area contributed by atoms with Crippen molar-refractivity contribution in [3.63, 3.8) is 0 Å². The molecule has 1 aliphatic rings. The summed E-state index contributed by atoms with van der Waals surface area (Å²) < 4.78 is 0. The summed E-state index contributed by atoms with van der Waals surface area (Å²) in [5, 5.41) is 3.56. The van der Waals surface area contributed by atoms with E-state index in [9.17, 15) is 0 Å². The fourth-order valence-corrected chi connectivity index (χ4v) is 3.44. The molecule has 0 atom stereocenters. The van der Waals surface area contributed by atoms with Crippen LogP contribution in [-0.2, 0) is 0 Å². The predicted octanol–water partition coefficient (Wildman–Crippen LogP) is 3.52. The maximum absolute atomic E-state index is 3.56. The maximum atomic E-state index is 3.56. The molecule has 1 N–H and O–H groups in total. The molecule has 1 saturated carbocycles. The molecule has 2 nitrogen and oxygen atoms in total. The van der Waals surface area contributed by atoms with Gasteiger partial charge in [-0.05, 0) is 50.6 Å². The highest BCUT2D eigenvalue weighted by Gasteiger charge is 2.28. The summed E-state index contributed by atoms with van der Waals surface area (Å²) >= 11 is 0. The number of rotatable bonds is 9. The Kier molecular flexibility index (Phi) is 7.25. The van der Waals surface area contributed by atoms with Gasteiger partial charge in [0.05, 0.1) is 0 Å². The standard InChI is InChI=1S/C16H34N2/c1-5-16(6-2,13-17-7-3)14-18(4)12-15-10-8-9-11-15/h15,17H,5-14H2,1-4H3. The van der Waals surface area contributed by atoms with Crippen LogP contribution >= 0.6 is 0 Å². The van der Waals surface area contributed by atoms with E-state index in [4.69, 9.17) is 0 Å². The third-order valence-electron chi connectivity index (χ3n) is 4.90. The molecule has 0 radical (unpaired) electrons. The van der Waals surface area contributed by atoms with Gasteiger partial charge in [0.2, 0.25) is 0 Å². The first-order valence-corrected chi connectivity index (χ1v) is 8.05. The molecule has 0 spiro atoms. The molecule has 0 heterocycles. The van der Waals surface area contributed by atoms with E-state index in [1.807, 2.05) is 0 Å². The third-order valence-corrected chi connectivity index (χ3v) is 4.90. The Morgan fingerprint density at radius 3 is 2.22 bits per heavy atom. The van der Waals surface area contributed by atoms with E-state index in [1.54, 1.807) is 0 Å². The molecular formula is C16H34N2. The van der Waals surface area contributed by atoms with Crippen LogP contribution in [0.15, 0.2) is 0 Å². The smallest absolute Gasteiger partial charge is 0.00470 e. The fraction of sp³-hybridized carbons (Fsp3) is 1.00. The van der Waals surface area contributed by atoms with Gasteiger partial charge in [-0.25, -0.2) is 0 Å². The van der Waals surface area contributed by atoms with E-state index in [-0.39, 0.29) is 0 Å². The van der Waals surface area contributed by atoms with Gasteiger partial charge in [-0.15, -0.1) is 0 Å². The predicted molar refractivity (Wildman–Crippen MR) is 81.0 cm³/mol. The van der Waals surface area contributed by atoms with E-state index < -0.39 is 0 Å². The molecule has 0 bridgehead atoms. The topological polar surface area (TPSA) is 15.3 Å². The molecule has 1 fully saturated rings. The quantitative estimate of drug-likeness (QED) is 0.677. The summed E-state index contributed by atoms with van der Waals surface area (Å²) in [7, 11) is 2.32. The van der Waals surface area contributed by atoms with Gasteiger partial charge in [0, 0.05) is 19.6 Å². The van der Waals surface area contributed by atoms with Crippen molar-refractivity contribution in [2.24, 2.45) is 11.3 Å². The second-order valence-electron chi connectivity index (χ2n) is 6.33. The minimum absolute atomic E-state index is 0.476. The average molecular weight is 254 g/mol. The number of hydrogen-bond acceptors (Lipinski definition) is 2. The van der Waals surface area contributed by atoms with Gasteiger partial charge < -0.3 is 10.2 Å². The molecule has 1 aliphatic carbocycles. The molecule has 0 saturated heterocycles. The van der Waals surface area contributed by atoms with Crippen molar-refractivity contribution in [3.8, 4) is 0 Å². The van der Waals surface area contributed by atoms with Gasteiger partial charge in [-0.2, -0.15) is 0 Å². The lowest BCUT2D eigenvalue weighted by atomic mass is 9.81. The number of nitrogens with one attached hydrogen (secondary N) is 1. The number of nitrogens with zero attached hydrogens (tertiary/aromatic N) is 1. The first-order chi connectivity index (χ1) is 8.65. The van der Waals surface area contributed by atoms with Crippen LogP contribution in [0.2, 0.25) is 0 Å². The highest BCUT2D eigenvalue weighted by Crippen LogP contribution is 2.29. The third kappa shape index (κ3) is 4.89. The van der Waals surface area contributed by atoms with Gasteiger partial charge in [0.1, 0.15) is 0 Å². The van der Waals surface area contributed by atoms with E-state index in [0.29, 0.717) is 5.41 Å². The molecule has 0 aromatic rings. The van der Waals surface area contributed by atoms with Crippen molar-refractivity contribution < 1.29 is 0 Å². The van der Waals surface area contributed by atoms with Crippen molar-refractivity contribution in [2.45, 2.75) is 59.3 Å². The molecular weight excluding hydrogens is 220 g/mol. The Morgan fingerprint density at radius 1 is 1.11 bits per heavy atom. The van der Waals surface area contributed by atoms with Crippen LogP contribution in [0.25, 0.3) is 0 Å². The molecule has 18 heavy (non-hydrogen) atoms. The van der Waals surface area contributed by atoms with Crippen LogP contribution in [-0.4, -0.2) is 38.1 Å². The Labute approximate surface area is 115 Å². The van der Waals surface area contributed by atoms with Crippen LogP contribution in [0.5, 0.6) is 0 Å². The molecule has 0 aliphatic heterocycles. The van der Waals surface area contributed by atoms with Gasteiger partial charge in [0.15, 0.2) is 0 Å². The lowest BCUT2D eigenvalue weighted by Crippen LogP contribution is -2.43. The zero-order valence-corrected chi connectivity index (χ0v) is 13.1. The molecule has 1 rings (SSSR count). The van der Waals surface area contributed by atoms with Gasteiger partial charge in [-0.3, -0.25) is 0 Å². The molecule has 108 valence electrons. The number of hydrogen-bond donors (Lipinski definition) is 1. The first kappa shape index (κ1) is 16.0. The summed E-state index contributed by atoms with van der Waals surface area (Å²) in [4.78, 5) is 2.60. The molecule has 0 unspecified atom stereocenters. The summed E-state index contributed by atoms with van der Waals surface area (Å²) in [5.41, 5.74) is 0.476. The highest BCUT2D eigenvalue weighted by molar-refractivity contribution is 4.83. The summed E-state index contributed by atoms with van der Waals surface area (Å²) in [5.74, 6) is 0.973. The van der Waals surface area contributed by atoms with Crippen molar-refractivity contribution in [1.29, 1.82) is 0 Å². The lowest BCUT2D eigenvalue weighted by molar-refractivity contribution is 0.142. The average Bonchev–Trinajstić information content (AvgIpc) is 2.87. The second-order valence-corrected chi connectivity index (χ2v) is 6.33. The maximum Gasteiger partial charge on any atom is 0.00470 e. The minimum Gasteiger partial charge on any atom is -0.316 e. The Balaban J connectivity index is 2.42. The summed E-state index contributed by atoms with van der Waals surface area (Å²) in [6, 6.07) is 0. The van der Waals surface area contributed by atoms with E-state index in [1.165, 1.54) is 58.2 Å². The fourth-order valence-electron chi connectivity index (χ4n) is 3.44. The lowest BCUT2D eigenvalue weighted by Gasteiger charge is -2.37. The molecule has 0 amide bonds. The minimum atomic E-state index is 0.476. The van der Waals surface area contributed by atoms with E-state index >= 15 is 0 Å². The van der Waals surface area contributed by atoms with Gasteiger partial charge >= 0.3 is 0 Å². The van der Waals surface area contributed by atoms with E-state index in [2.05, 4.69) is 38.0 Å². The second kappa shape index (κ2) is 8.16. The first-order valence-electron chi connectivity index (χ1n) is 8.05. The van der Waals surface area contributed by atoms with Crippen molar-refractivity contribution in [3.05, 3.63) is 0 Å². The van der Waals surface area contributed by atoms with Crippen molar-refractivity contribution >= 4 is 0 Å². The van der Waals surface area contributed by atoms with Crippen LogP contribution in [0, 0.1) is 11.3 Å². The van der Waals surface area contributed by atoms with Crippen molar-refractivity contribution in [2.75, 3.05) is 33.2 Å². The molecule has 0 aromatic carbocycles. The zero-order valence-electron chi connectivity index (χ0n) is 13.1. The monoisotopic (exact) mass is 254 g/mol. The Morgan fingerprint density at radius 2 is 1.72 bits per heavy atom. The van der Waals surface area contributed by atoms with Gasteiger partial charge in [-0.1, -0.05) is 33.6 Å². The summed E-state index contributed by atoms with van der Waals surface area (Å²) in [6.45, 7) is 11.7. The Hall–Kier alpha value is -0.0800. The highest BCUT2D eigenvalue weighted by atomic mass is 15.1. The SMILES string of the molecule is CCNCC(CC)(CC)CN(C)CC1CCCC1. The largest absolute Gasteiger partial charge is 0.316 e. The van der Waals surface area contributed by atoms with Crippen LogP contribution in [0.1, 0.15) is 59.3 Å². The van der Waals surface area contributed by atoms with Crippen LogP contribution < -0.4 is 5.32 Å². The molecule has 0 aromatic heterocycles.